The number of nitrogens with one attached hydrogen (secondary N) is 1. The van der Waals surface area contributed by atoms with Crippen LogP contribution in [0.2, 0.25) is 0 Å². The van der Waals surface area contributed by atoms with E-state index >= 15 is 0 Å². The molecule has 3 rings (SSSR count). The molecule has 2 aromatic rings. The Labute approximate surface area is 118 Å². The largest absolute Gasteiger partial charge is 0.417 e. The predicted molar refractivity (Wildman–Crippen MR) is 72.6 cm³/mol. The highest BCUT2D eigenvalue weighted by Crippen LogP contribution is 2.34. The van der Waals surface area contributed by atoms with Gasteiger partial charge in [0.2, 0.25) is 5.56 Å². The van der Waals surface area contributed by atoms with Gasteiger partial charge in [0, 0.05) is 30.2 Å². The van der Waals surface area contributed by atoms with Crippen LogP contribution < -0.4 is 10.5 Å². The number of H-pyrrole nitrogens is 1. The third-order valence-corrected chi connectivity index (χ3v) is 3.51. The molecule has 0 unspecified atom stereocenters. The van der Waals surface area contributed by atoms with Crippen LogP contribution >= 0.6 is 0 Å². The van der Waals surface area contributed by atoms with Gasteiger partial charge in [0.05, 0.1) is 24.3 Å². The van der Waals surface area contributed by atoms with Crippen LogP contribution in [0.3, 0.4) is 0 Å². The van der Waals surface area contributed by atoms with Crippen molar-refractivity contribution in [2.75, 3.05) is 31.2 Å². The van der Waals surface area contributed by atoms with Gasteiger partial charge in [-0.25, -0.2) is 0 Å². The van der Waals surface area contributed by atoms with Crippen molar-refractivity contribution in [3.05, 3.63) is 40.2 Å². The minimum Gasteiger partial charge on any atom is -0.378 e. The zero-order valence-corrected chi connectivity index (χ0v) is 11.0. The number of morpholine rings is 1. The average Bonchev–Trinajstić information content (AvgIpc) is 2.45. The number of nitrogens with zero attached hydrogens (tertiary/aromatic N) is 1. The van der Waals surface area contributed by atoms with E-state index in [0.29, 0.717) is 32.4 Å². The highest BCUT2D eigenvalue weighted by Gasteiger charge is 2.33. The summed E-state index contributed by atoms with van der Waals surface area (Å²) < 4.78 is 44.2. The first-order chi connectivity index (χ1) is 9.95. The van der Waals surface area contributed by atoms with Gasteiger partial charge in [-0.2, -0.15) is 13.2 Å². The van der Waals surface area contributed by atoms with Crippen LogP contribution in [-0.2, 0) is 10.9 Å². The van der Waals surface area contributed by atoms with Crippen molar-refractivity contribution < 1.29 is 17.9 Å². The zero-order chi connectivity index (χ0) is 15.0. The maximum Gasteiger partial charge on any atom is 0.417 e. The van der Waals surface area contributed by atoms with E-state index in [1.165, 1.54) is 6.07 Å². The smallest absolute Gasteiger partial charge is 0.378 e. The molecule has 0 atom stereocenters. The summed E-state index contributed by atoms with van der Waals surface area (Å²) in [5.41, 5.74) is -0.691. The Kier molecular flexibility index (Phi) is 3.36. The van der Waals surface area contributed by atoms with E-state index in [0.717, 1.165) is 5.69 Å². The van der Waals surface area contributed by atoms with Crippen LogP contribution in [0.1, 0.15) is 5.56 Å². The SMILES string of the molecule is O=c1cc(C(F)(F)F)c2ccc(N3CCOCC3)cc2[nH]1. The molecule has 0 spiro atoms. The molecular formula is C14H13F3N2O2. The summed E-state index contributed by atoms with van der Waals surface area (Å²) in [6.45, 7) is 2.51. The van der Waals surface area contributed by atoms with E-state index in [4.69, 9.17) is 4.74 Å². The first kappa shape index (κ1) is 13.9. The monoisotopic (exact) mass is 298 g/mol. The summed E-state index contributed by atoms with van der Waals surface area (Å²) >= 11 is 0. The summed E-state index contributed by atoms with van der Waals surface area (Å²) in [5, 5.41) is -0.000825. The molecule has 1 aromatic heterocycles. The summed E-state index contributed by atoms with van der Waals surface area (Å²) in [4.78, 5) is 15.9. The van der Waals surface area contributed by atoms with Crippen LogP contribution in [0.15, 0.2) is 29.1 Å². The molecular weight excluding hydrogens is 285 g/mol. The second-order valence-corrected chi connectivity index (χ2v) is 4.87. The molecule has 0 radical (unpaired) electrons. The lowest BCUT2D eigenvalue weighted by Crippen LogP contribution is -2.36. The fraction of sp³-hybridized carbons (Fsp3) is 0.357. The maximum absolute atomic E-state index is 13.0. The van der Waals surface area contributed by atoms with Crippen LogP contribution in [0.5, 0.6) is 0 Å². The van der Waals surface area contributed by atoms with Gasteiger partial charge in [-0.15, -0.1) is 0 Å². The fourth-order valence-electron chi connectivity index (χ4n) is 2.50. The standard InChI is InChI=1S/C14H13F3N2O2/c15-14(16,17)11-8-13(20)18-12-7-9(1-2-10(11)12)19-3-5-21-6-4-19/h1-2,7-8H,3-6H2,(H,18,20). The lowest BCUT2D eigenvalue weighted by molar-refractivity contribution is -0.136. The van der Waals surface area contributed by atoms with Gasteiger partial charge >= 0.3 is 6.18 Å². The van der Waals surface area contributed by atoms with Crippen molar-refractivity contribution in [1.82, 2.24) is 4.98 Å². The fourth-order valence-corrected chi connectivity index (χ4v) is 2.50. The van der Waals surface area contributed by atoms with Crippen LogP contribution in [0, 0.1) is 0 Å². The first-order valence-corrected chi connectivity index (χ1v) is 6.52. The number of fused-ring (bicyclic) bond motifs is 1. The van der Waals surface area contributed by atoms with E-state index in [1.54, 1.807) is 12.1 Å². The van der Waals surface area contributed by atoms with Crippen molar-refractivity contribution in [1.29, 1.82) is 0 Å². The van der Waals surface area contributed by atoms with Gasteiger partial charge in [-0.1, -0.05) is 6.07 Å². The highest BCUT2D eigenvalue weighted by molar-refractivity contribution is 5.85. The number of aromatic amines is 1. The molecule has 2 heterocycles. The third kappa shape index (κ3) is 2.73. The molecule has 7 heteroatoms. The van der Waals surface area contributed by atoms with Crippen molar-refractivity contribution in [3.63, 3.8) is 0 Å². The van der Waals surface area contributed by atoms with E-state index in [-0.39, 0.29) is 10.9 Å². The molecule has 0 amide bonds. The molecule has 1 aromatic carbocycles. The van der Waals surface area contributed by atoms with Crippen molar-refractivity contribution in [3.8, 4) is 0 Å². The molecule has 1 aliphatic heterocycles. The Morgan fingerprint density at radius 3 is 2.52 bits per heavy atom. The number of hydrogen-bond acceptors (Lipinski definition) is 3. The van der Waals surface area contributed by atoms with Crippen molar-refractivity contribution >= 4 is 16.6 Å². The topological polar surface area (TPSA) is 45.3 Å². The number of alkyl halides is 3. The molecule has 1 aliphatic rings. The first-order valence-electron chi connectivity index (χ1n) is 6.52. The van der Waals surface area contributed by atoms with Crippen LogP contribution in [0.25, 0.3) is 10.9 Å². The second-order valence-electron chi connectivity index (χ2n) is 4.87. The molecule has 0 saturated carbocycles. The normalized spacial score (nSPS) is 16.4. The number of rotatable bonds is 1. The molecule has 21 heavy (non-hydrogen) atoms. The molecule has 1 fully saturated rings. The number of anilines is 1. The van der Waals surface area contributed by atoms with E-state index in [2.05, 4.69) is 4.98 Å². The van der Waals surface area contributed by atoms with Crippen molar-refractivity contribution in [2.24, 2.45) is 0 Å². The Morgan fingerprint density at radius 2 is 1.86 bits per heavy atom. The maximum atomic E-state index is 13.0. The van der Waals surface area contributed by atoms with Crippen LogP contribution in [0.4, 0.5) is 18.9 Å². The van der Waals surface area contributed by atoms with Gasteiger partial charge in [0.15, 0.2) is 0 Å². The molecule has 112 valence electrons. The molecule has 4 nitrogen and oxygen atoms in total. The number of aromatic nitrogens is 1. The van der Waals surface area contributed by atoms with E-state index in [1.807, 2.05) is 4.90 Å². The van der Waals surface area contributed by atoms with E-state index < -0.39 is 17.3 Å². The van der Waals surface area contributed by atoms with E-state index in [9.17, 15) is 18.0 Å². The molecule has 1 saturated heterocycles. The van der Waals surface area contributed by atoms with Crippen LogP contribution in [-0.4, -0.2) is 31.3 Å². The number of ether oxygens (including phenoxy) is 1. The Bertz CT molecular complexity index is 718. The minimum absolute atomic E-state index is 0.000825. The number of hydrogen-bond donors (Lipinski definition) is 1. The summed E-state index contributed by atoms with van der Waals surface area (Å²) in [6, 6.07) is 5.22. The summed E-state index contributed by atoms with van der Waals surface area (Å²) in [5.74, 6) is 0. The summed E-state index contributed by atoms with van der Waals surface area (Å²) in [6.07, 6.45) is -4.55. The molecule has 0 aliphatic carbocycles. The second kappa shape index (κ2) is 5.07. The Hall–Kier alpha value is -2.02. The van der Waals surface area contributed by atoms with Crippen molar-refractivity contribution in [2.45, 2.75) is 6.18 Å². The quantitative estimate of drug-likeness (QED) is 0.879. The average molecular weight is 298 g/mol. The Balaban J connectivity index is 2.12. The van der Waals surface area contributed by atoms with Gasteiger partial charge in [0.25, 0.3) is 0 Å². The highest BCUT2D eigenvalue weighted by atomic mass is 19.4. The number of benzene rings is 1. The van der Waals surface area contributed by atoms with Gasteiger partial charge in [-0.3, -0.25) is 4.79 Å². The van der Waals surface area contributed by atoms with Gasteiger partial charge < -0.3 is 14.6 Å². The Morgan fingerprint density at radius 1 is 1.14 bits per heavy atom. The number of pyridine rings is 1. The molecule has 0 bridgehead atoms. The minimum atomic E-state index is -4.55. The lowest BCUT2D eigenvalue weighted by atomic mass is 10.1. The van der Waals surface area contributed by atoms with Gasteiger partial charge in [-0.05, 0) is 12.1 Å². The number of halogens is 3. The third-order valence-electron chi connectivity index (χ3n) is 3.51. The predicted octanol–water partition coefficient (Wildman–Crippen LogP) is 2.38. The zero-order valence-electron chi connectivity index (χ0n) is 11.0. The van der Waals surface area contributed by atoms with Gasteiger partial charge in [0.1, 0.15) is 0 Å². The summed E-state index contributed by atoms with van der Waals surface area (Å²) in [7, 11) is 0. The molecule has 1 N–H and O–H groups in total. The lowest BCUT2D eigenvalue weighted by Gasteiger charge is -2.29.